The molecule has 7 heteroatoms. The summed E-state index contributed by atoms with van der Waals surface area (Å²) in [5.41, 5.74) is 1.39. The van der Waals surface area contributed by atoms with Crippen molar-refractivity contribution < 1.29 is 17.9 Å². The van der Waals surface area contributed by atoms with E-state index in [2.05, 4.69) is 24.5 Å². The number of nitrogens with one attached hydrogen (secondary N) is 2. The quantitative estimate of drug-likeness (QED) is 0.440. The van der Waals surface area contributed by atoms with Crippen molar-refractivity contribution in [2.75, 3.05) is 39.4 Å². The summed E-state index contributed by atoms with van der Waals surface area (Å²) in [6, 6.07) is 10.4. The summed E-state index contributed by atoms with van der Waals surface area (Å²) in [4.78, 5) is 0.624. The van der Waals surface area contributed by atoms with Crippen molar-refractivity contribution in [1.82, 2.24) is 10.6 Å². The molecule has 2 N–H and O–H groups in total. The van der Waals surface area contributed by atoms with Gasteiger partial charge in [-0.15, -0.1) is 0 Å². The van der Waals surface area contributed by atoms with Crippen LogP contribution in [0.3, 0.4) is 0 Å². The Morgan fingerprint density at radius 3 is 1.93 bits per heavy atom. The van der Waals surface area contributed by atoms with Crippen LogP contribution in [0.4, 0.5) is 0 Å². The predicted molar refractivity (Wildman–Crippen MR) is 115 cm³/mol. The van der Waals surface area contributed by atoms with E-state index in [0.717, 1.165) is 39.0 Å². The normalized spacial score (nSPS) is 13.7. The lowest BCUT2D eigenvalue weighted by molar-refractivity contribution is 0.313. The molecule has 1 heterocycles. The lowest BCUT2D eigenvalue weighted by Crippen LogP contribution is -2.21. The average Bonchev–Trinajstić information content (AvgIpc) is 2.94. The van der Waals surface area contributed by atoms with Crippen LogP contribution in [0.25, 0.3) is 11.1 Å². The fourth-order valence-electron chi connectivity index (χ4n) is 3.29. The van der Waals surface area contributed by atoms with Crippen molar-refractivity contribution in [1.29, 1.82) is 0 Å². The third-order valence-electron chi connectivity index (χ3n) is 4.72. The number of hydrogen-bond donors (Lipinski definition) is 2. The molecule has 6 nitrogen and oxygen atoms in total. The van der Waals surface area contributed by atoms with E-state index in [1.807, 2.05) is 18.2 Å². The van der Waals surface area contributed by atoms with Crippen molar-refractivity contribution in [3.8, 4) is 22.6 Å². The molecule has 0 bridgehead atoms. The third-order valence-corrected chi connectivity index (χ3v) is 6.57. The number of fused-ring (bicyclic) bond motifs is 3. The van der Waals surface area contributed by atoms with Crippen LogP contribution in [0.1, 0.15) is 26.7 Å². The van der Waals surface area contributed by atoms with Crippen molar-refractivity contribution in [3.63, 3.8) is 0 Å². The minimum Gasteiger partial charge on any atom is -0.492 e. The zero-order chi connectivity index (χ0) is 20.7. The molecule has 0 atom stereocenters. The fraction of sp³-hybridized carbons (Fsp3) is 0.455. The van der Waals surface area contributed by atoms with Crippen LogP contribution in [-0.4, -0.2) is 47.8 Å². The second kappa shape index (κ2) is 10.1. The molecule has 158 valence electrons. The standard InChI is InChI=1S/C22H30N2O4S/c1-3-9-23-11-13-27-17-6-8-21-20(15-17)19-7-5-18(16-22(19)29(21,25)26)28-14-12-24-10-4-2/h5-8,15-16,23-24H,3-4,9-14H2,1-2H3. The van der Waals surface area contributed by atoms with Gasteiger partial charge in [-0.25, -0.2) is 8.42 Å². The van der Waals surface area contributed by atoms with E-state index in [1.165, 1.54) is 0 Å². The molecular weight excluding hydrogens is 388 g/mol. The highest BCUT2D eigenvalue weighted by Gasteiger charge is 2.33. The van der Waals surface area contributed by atoms with Gasteiger partial charge in [-0.05, 0) is 62.3 Å². The van der Waals surface area contributed by atoms with Gasteiger partial charge in [0.15, 0.2) is 0 Å². The van der Waals surface area contributed by atoms with E-state index in [0.29, 0.717) is 45.6 Å². The first kappa shape index (κ1) is 21.6. The Labute approximate surface area is 173 Å². The molecule has 0 fully saturated rings. The van der Waals surface area contributed by atoms with Gasteiger partial charge in [0.25, 0.3) is 0 Å². The molecule has 0 unspecified atom stereocenters. The van der Waals surface area contributed by atoms with Gasteiger partial charge in [0.2, 0.25) is 9.84 Å². The lowest BCUT2D eigenvalue weighted by Gasteiger charge is -2.09. The zero-order valence-electron chi connectivity index (χ0n) is 17.2. The Kier molecular flexibility index (Phi) is 7.52. The molecule has 0 aliphatic carbocycles. The van der Waals surface area contributed by atoms with Crippen LogP contribution in [0, 0.1) is 0 Å². The Morgan fingerprint density at radius 2 is 1.31 bits per heavy atom. The highest BCUT2D eigenvalue weighted by molar-refractivity contribution is 7.92. The molecule has 0 amide bonds. The lowest BCUT2D eigenvalue weighted by atomic mass is 10.1. The number of benzene rings is 2. The van der Waals surface area contributed by atoms with Gasteiger partial charge in [-0.1, -0.05) is 13.8 Å². The summed E-state index contributed by atoms with van der Waals surface area (Å²) in [7, 11) is -3.54. The second-order valence-corrected chi connectivity index (χ2v) is 8.90. The number of hydrogen-bond acceptors (Lipinski definition) is 6. The molecule has 2 aromatic rings. The smallest absolute Gasteiger partial charge is 0.207 e. The largest absolute Gasteiger partial charge is 0.492 e. The topological polar surface area (TPSA) is 76.7 Å². The Balaban J connectivity index is 1.72. The summed E-state index contributed by atoms with van der Waals surface area (Å²) in [6.45, 7) is 8.64. The Morgan fingerprint density at radius 1 is 0.724 bits per heavy atom. The molecule has 29 heavy (non-hydrogen) atoms. The third kappa shape index (κ3) is 5.10. The van der Waals surface area contributed by atoms with Crippen molar-refractivity contribution in [2.45, 2.75) is 36.5 Å². The molecule has 0 saturated heterocycles. The van der Waals surface area contributed by atoms with Crippen LogP contribution in [-0.2, 0) is 9.84 Å². The Hall–Kier alpha value is -2.09. The summed E-state index contributed by atoms with van der Waals surface area (Å²) < 4.78 is 37.4. The molecule has 2 aromatic carbocycles. The first-order valence-electron chi connectivity index (χ1n) is 10.3. The number of ether oxygens (including phenoxy) is 2. The van der Waals surface area contributed by atoms with Crippen molar-refractivity contribution in [3.05, 3.63) is 36.4 Å². The molecule has 1 aliphatic rings. The second-order valence-electron chi connectivity index (χ2n) is 7.02. The summed E-state index contributed by atoms with van der Waals surface area (Å²) in [6.07, 6.45) is 2.14. The summed E-state index contributed by atoms with van der Waals surface area (Å²) in [5, 5.41) is 6.54. The molecular formula is C22H30N2O4S. The maximum atomic E-state index is 13.0. The van der Waals surface area contributed by atoms with Gasteiger partial charge < -0.3 is 20.1 Å². The number of sulfone groups is 1. The van der Waals surface area contributed by atoms with Crippen LogP contribution in [0.2, 0.25) is 0 Å². The maximum Gasteiger partial charge on any atom is 0.207 e. The molecule has 0 spiro atoms. The SMILES string of the molecule is CCCNCCOc1ccc2c(c1)-c1ccc(OCCNCCC)cc1S2(=O)=O. The summed E-state index contributed by atoms with van der Waals surface area (Å²) in [5.74, 6) is 1.24. The average molecular weight is 419 g/mol. The first-order chi connectivity index (χ1) is 14.1. The van der Waals surface area contributed by atoms with Crippen molar-refractivity contribution in [2.24, 2.45) is 0 Å². The summed E-state index contributed by atoms with van der Waals surface area (Å²) >= 11 is 0. The zero-order valence-corrected chi connectivity index (χ0v) is 18.0. The van der Waals surface area contributed by atoms with E-state index in [4.69, 9.17) is 9.47 Å². The highest BCUT2D eigenvalue weighted by Crippen LogP contribution is 2.45. The van der Waals surface area contributed by atoms with Gasteiger partial charge in [0.1, 0.15) is 24.7 Å². The highest BCUT2D eigenvalue weighted by atomic mass is 32.2. The van der Waals surface area contributed by atoms with Crippen LogP contribution in [0.15, 0.2) is 46.2 Å². The van der Waals surface area contributed by atoms with Gasteiger partial charge in [-0.2, -0.15) is 0 Å². The van der Waals surface area contributed by atoms with Gasteiger partial charge >= 0.3 is 0 Å². The van der Waals surface area contributed by atoms with Crippen LogP contribution >= 0.6 is 0 Å². The van der Waals surface area contributed by atoms with Crippen LogP contribution in [0.5, 0.6) is 11.5 Å². The molecule has 3 rings (SSSR count). The van der Waals surface area contributed by atoms with Gasteiger partial charge in [0.05, 0.1) is 9.79 Å². The van der Waals surface area contributed by atoms with E-state index < -0.39 is 9.84 Å². The minimum absolute atomic E-state index is 0.299. The van der Waals surface area contributed by atoms with Gasteiger partial charge in [0, 0.05) is 24.2 Å². The maximum absolute atomic E-state index is 13.0. The molecule has 1 aliphatic heterocycles. The number of rotatable bonds is 12. The van der Waals surface area contributed by atoms with E-state index in [9.17, 15) is 8.42 Å². The first-order valence-corrected chi connectivity index (χ1v) is 11.8. The predicted octanol–water partition coefficient (Wildman–Crippen LogP) is 3.26. The van der Waals surface area contributed by atoms with Crippen LogP contribution < -0.4 is 20.1 Å². The Bertz CT molecular complexity index is 928. The molecule has 0 aromatic heterocycles. The van der Waals surface area contributed by atoms with Gasteiger partial charge in [-0.3, -0.25) is 0 Å². The fourth-order valence-corrected chi connectivity index (χ4v) is 4.97. The van der Waals surface area contributed by atoms with E-state index in [-0.39, 0.29) is 0 Å². The minimum atomic E-state index is -3.54. The molecule has 0 saturated carbocycles. The van der Waals surface area contributed by atoms with E-state index in [1.54, 1.807) is 18.2 Å². The monoisotopic (exact) mass is 418 g/mol. The van der Waals surface area contributed by atoms with Crippen molar-refractivity contribution >= 4 is 9.84 Å². The van der Waals surface area contributed by atoms with E-state index >= 15 is 0 Å². The molecule has 0 radical (unpaired) electrons.